The molecule has 0 radical (unpaired) electrons. The molecule has 2 aromatic heterocycles. The number of pyridine rings is 1. The number of nitrogens with one attached hydrogen (secondary N) is 3. The first-order chi connectivity index (χ1) is 13.5. The molecule has 8 heteroatoms. The summed E-state index contributed by atoms with van der Waals surface area (Å²) < 4.78 is 2.13. The summed E-state index contributed by atoms with van der Waals surface area (Å²) in [6.07, 6.45) is 1.78. The lowest BCUT2D eigenvalue weighted by Gasteiger charge is -2.10. The highest BCUT2D eigenvalue weighted by Crippen LogP contribution is 2.32. The molecule has 4 rings (SSSR count). The van der Waals surface area contributed by atoms with Crippen molar-refractivity contribution in [2.75, 3.05) is 11.9 Å². The van der Waals surface area contributed by atoms with Crippen LogP contribution in [0.25, 0.3) is 21.9 Å². The Morgan fingerprint density at radius 1 is 1.04 bits per heavy atom. The molecule has 142 valence electrons. The van der Waals surface area contributed by atoms with E-state index in [-0.39, 0.29) is 5.96 Å². The average molecular weight is 413 g/mol. The number of nitrogens with two attached hydrogens (primary N) is 1. The van der Waals surface area contributed by atoms with E-state index in [0.717, 1.165) is 33.3 Å². The number of hydrogen-bond acceptors (Lipinski definition) is 3. The van der Waals surface area contributed by atoms with Crippen LogP contribution in [0, 0.1) is 5.41 Å². The second-order valence-electron chi connectivity index (χ2n) is 6.35. The number of aromatic nitrogens is 2. The molecule has 0 aliphatic carbocycles. The van der Waals surface area contributed by atoms with Gasteiger partial charge < -0.3 is 20.9 Å². The van der Waals surface area contributed by atoms with E-state index < -0.39 is 0 Å². The van der Waals surface area contributed by atoms with Crippen LogP contribution < -0.4 is 16.4 Å². The van der Waals surface area contributed by atoms with Crippen LogP contribution in [0.4, 0.5) is 11.4 Å². The van der Waals surface area contributed by atoms with Crippen LogP contribution in [0.3, 0.4) is 0 Å². The molecule has 0 spiro atoms. The van der Waals surface area contributed by atoms with Gasteiger partial charge in [-0.3, -0.25) is 5.41 Å². The fourth-order valence-electron chi connectivity index (χ4n) is 3.27. The van der Waals surface area contributed by atoms with Crippen molar-refractivity contribution in [3.63, 3.8) is 0 Å². The minimum absolute atomic E-state index is 0.0400. The number of nitrogens with zero attached hydrogens (tertiary/aromatic N) is 2. The minimum atomic E-state index is -0.0400. The SMILES string of the molecule is N=C(N)NCCn1c2ccc(Nc3ccc(Cl)c(Cl)c3)cc2c2cccnc21. The van der Waals surface area contributed by atoms with Crippen molar-refractivity contribution < 1.29 is 0 Å². The van der Waals surface area contributed by atoms with E-state index in [9.17, 15) is 0 Å². The van der Waals surface area contributed by atoms with E-state index in [2.05, 4.69) is 38.4 Å². The molecule has 0 aliphatic rings. The van der Waals surface area contributed by atoms with Crippen molar-refractivity contribution in [3.8, 4) is 0 Å². The van der Waals surface area contributed by atoms with Crippen molar-refractivity contribution in [3.05, 3.63) is 64.8 Å². The second-order valence-corrected chi connectivity index (χ2v) is 7.17. The summed E-state index contributed by atoms with van der Waals surface area (Å²) in [6.45, 7) is 1.20. The largest absolute Gasteiger partial charge is 0.370 e. The zero-order valence-electron chi connectivity index (χ0n) is 14.8. The van der Waals surface area contributed by atoms with Crippen LogP contribution in [0.15, 0.2) is 54.7 Å². The van der Waals surface area contributed by atoms with Gasteiger partial charge in [0.2, 0.25) is 0 Å². The topological polar surface area (TPSA) is 91.8 Å². The molecule has 2 aromatic carbocycles. The van der Waals surface area contributed by atoms with Crippen molar-refractivity contribution in [2.45, 2.75) is 6.54 Å². The summed E-state index contributed by atoms with van der Waals surface area (Å²) in [5.74, 6) is -0.0400. The van der Waals surface area contributed by atoms with Crippen LogP contribution in [0.2, 0.25) is 10.0 Å². The third kappa shape index (κ3) is 3.56. The maximum absolute atomic E-state index is 7.33. The fraction of sp³-hybridized carbons (Fsp3) is 0.100. The first kappa shape index (κ1) is 18.4. The van der Waals surface area contributed by atoms with Gasteiger partial charge >= 0.3 is 0 Å². The molecule has 0 fully saturated rings. The summed E-state index contributed by atoms with van der Waals surface area (Å²) in [7, 11) is 0. The molecule has 0 saturated carbocycles. The van der Waals surface area contributed by atoms with Gasteiger partial charge in [0.05, 0.1) is 15.6 Å². The van der Waals surface area contributed by atoms with Gasteiger partial charge in [-0.05, 0) is 48.5 Å². The predicted molar refractivity (Wildman–Crippen MR) is 117 cm³/mol. The zero-order chi connectivity index (χ0) is 19.7. The molecule has 0 atom stereocenters. The maximum Gasteiger partial charge on any atom is 0.185 e. The van der Waals surface area contributed by atoms with Crippen LogP contribution in [0.1, 0.15) is 0 Å². The van der Waals surface area contributed by atoms with E-state index in [4.69, 9.17) is 34.3 Å². The Morgan fingerprint density at radius 3 is 2.61 bits per heavy atom. The van der Waals surface area contributed by atoms with Gasteiger partial charge in [0.15, 0.2) is 5.96 Å². The standard InChI is InChI=1S/C20H18Cl2N6/c21-16-5-3-13(11-17(16)22)27-12-4-6-18-15(10-12)14-2-1-7-25-19(14)28(18)9-8-26-20(23)24/h1-7,10-11,27H,8-9H2,(H4,23,24,26). The first-order valence-corrected chi connectivity index (χ1v) is 9.45. The highest BCUT2D eigenvalue weighted by atomic mass is 35.5. The number of guanidine groups is 1. The number of anilines is 2. The summed E-state index contributed by atoms with van der Waals surface area (Å²) in [6, 6.07) is 15.6. The molecule has 0 unspecified atom stereocenters. The maximum atomic E-state index is 7.33. The second kappa shape index (κ2) is 7.58. The van der Waals surface area contributed by atoms with Gasteiger partial charge in [0.25, 0.3) is 0 Å². The van der Waals surface area contributed by atoms with Crippen molar-refractivity contribution in [1.29, 1.82) is 5.41 Å². The molecule has 0 bridgehead atoms. The highest BCUT2D eigenvalue weighted by molar-refractivity contribution is 6.42. The van der Waals surface area contributed by atoms with Gasteiger partial charge in [0, 0.05) is 41.4 Å². The molecule has 0 amide bonds. The Hall–Kier alpha value is -2.96. The summed E-state index contributed by atoms with van der Waals surface area (Å²) in [5.41, 5.74) is 9.16. The van der Waals surface area contributed by atoms with Crippen LogP contribution in [-0.4, -0.2) is 22.1 Å². The Kier molecular flexibility index (Phi) is 4.98. The lowest BCUT2D eigenvalue weighted by molar-refractivity contribution is 0.704. The first-order valence-electron chi connectivity index (χ1n) is 8.70. The molecular formula is C20H18Cl2N6. The predicted octanol–water partition coefficient (Wildman–Crippen LogP) is 4.72. The van der Waals surface area contributed by atoms with Crippen LogP contribution in [-0.2, 0) is 6.54 Å². The van der Waals surface area contributed by atoms with Crippen LogP contribution >= 0.6 is 23.2 Å². The minimum Gasteiger partial charge on any atom is -0.370 e. The fourth-order valence-corrected chi connectivity index (χ4v) is 3.57. The molecule has 2 heterocycles. The third-order valence-corrected chi connectivity index (χ3v) is 5.22. The quantitative estimate of drug-likeness (QED) is 0.281. The number of fused-ring (bicyclic) bond motifs is 3. The summed E-state index contributed by atoms with van der Waals surface area (Å²) >= 11 is 12.1. The molecule has 6 nitrogen and oxygen atoms in total. The van der Waals surface area contributed by atoms with E-state index in [0.29, 0.717) is 23.1 Å². The van der Waals surface area contributed by atoms with Gasteiger partial charge in [-0.15, -0.1) is 0 Å². The summed E-state index contributed by atoms with van der Waals surface area (Å²) in [5, 5.41) is 16.7. The molecule has 0 saturated heterocycles. The lowest BCUT2D eigenvalue weighted by Crippen LogP contribution is -2.32. The van der Waals surface area contributed by atoms with E-state index in [1.165, 1.54) is 0 Å². The van der Waals surface area contributed by atoms with Crippen molar-refractivity contribution >= 4 is 62.5 Å². The Bertz CT molecular complexity index is 1180. The van der Waals surface area contributed by atoms with Crippen LogP contribution in [0.5, 0.6) is 0 Å². The Labute approximate surface area is 171 Å². The average Bonchev–Trinajstić information content (AvgIpc) is 2.98. The normalized spacial score (nSPS) is 11.1. The van der Waals surface area contributed by atoms with Crippen molar-refractivity contribution in [1.82, 2.24) is 14.9 Å². The molecule has 4 aromatic rings. The molecular weight excluding hydrogens is 395 g/mol. The molecule has 5 N–H and O–H groups in total. The van der Waals surface area contributed by atoms with Crippen molar-refractivity contribution in [2.24, 2.45) is 5.73 Å². The van der Waals surface area contributed by atoms with Gasteiger partial charge in [-0.2, -0.15) is 0 Å². The van der Waals surface area contributed by atoms with Gasteiger partial charge in [-0.25, -0.2) is 4.98 Å². The smallest absolute Gasteiger partial charge is 0.185 e. The monoisotopic (exact) mass is 412 g/mol. The van der Waals surface area contributed by atoms with E-state index >= 15 is 0 Å². The molecule has 28 heavy (non-hydrogen) atoms. The zero-order valence-corrected chi connectivity index (χ0v) is 16.3. The number of halogens is 2. The van der Waals surface area contributed by atoms with E-state index in [1.807, 2.05) is 18.2 Å². The third-order valence-electron chi connectivity index (χ3n) is 4.48. The number of hydrogen-bond donors (Lipinski definition) is 4. The lowest BCUT2D eigenvalue weighted by atomic mass is 10.1. The van der Waals surface area contributed by atoms with E-state index in [1.54, 1.807) is 18.3 Å². The number of benzene rings is 2. The van der Waals surface area contributed by atoms with Gasteiger partial charge in [0.1, 0.15) is 5.65 Å². The highest BCUT2D eigenvalue weighted by Gasteiger charge is 2.12. The Morgan fingerprint density at radius 2 is 1.82 bits per heavy atom. The molecule has 0 aliphatic heterocycles. The Balaban J connectivity index is 1.73. The van der Waals surface area contributed by atoms with Gasteiger partial charge in [-0.1, -0.05) is 23.2 Å². The summed E-state index contributed by atoms with van der Waals surface area (Å²) in [4.78, 5) is 4.55. The number of rotatable bonds is 5.